The van der Waals surface area contributed by atoms with Gasteiger partial charge in [0.25, 0.3) is 5.91 Å². The van der Waals surface area contributed by atoms with Crippen molar-refractivity contribution >= 4 is 17.3 Å². The number of nitrogens with two attached hydrogens (primary N) is 1. The maximum Gasteiger partial charge on any atom is 0.291 e. The molecule has 1 amide bonds. The van der Waals surface area contributed by atoms with E-state index in [-0.39, 0.29) is 5.91 Å². The number of furan rings is 1. The fraction of sp³-hybridized carbons (Fsp3) is 0.154. The Morgan fingerprint density at radius 2 is 2.17 bits per heavy atom. The largest absolute Gasteiger partial charge is 0.495 e. The SMILES string of the molecule is COc1ccc(NC(=O)c2occc2C)cc1N. The summed E-state index contributed by atoms with van der Waals surface area (Å²) in [7, 11) is 1.54. The number of carbonyl (C=O) groups is 1. The number of anilines is 2. The molecule has 0 bridgehead atoms. The zero-order valence-corrected chi connectivity index (χ0v) is 10.2. The van der Waals surface area contributed by atoms with E-state index in [0.29, 0.717) is 22.9 Å². The maximum absolute atomic E-state index is 11.9. The second-order valence-corrected chi connectivity index (χ2v) is 3.84. The lowest BCUT2D eigenvalue weighted by atomic mass is 10.2. The van der Waals surface area contributed by atoms with Crippen LogP contribution >= 0.6 is 0 Å². The van der Waals surface area contributed by atoms with Gasteiger partial charge in [0.2, 0.25) is 0 Å². The van der Waals surface area contributed by atoms with Crippen LogP contribution in [-0.2, 0) is 0 Å². The summed E-state index contributed by atoms with van der Waals surface area (Å²) in [4.78, 5) is 11.9. The molecule has 3 N–H and O–H groups in total. The Balaban J connectivity index is 2.17. The predicted octanol–water partition coefficient (Wildman–Crippen LogP) is 2.43. The summed E-state index contributed by atoms with van der Waals surface area (Å²) < 4.78 is 10.1. The van der Waals surface area contributed by atoms with Crippen LogP contribution in [0.25, 0.3) is 0 Å². The van der Waals surface area contributed by atoms with Crippen LogP contribution in [0, 0.1) is 6.92 Å². The highest BCUT2D eigenvalue weighted by Crippen LogP contribution is 2.25. The number of amides is 1. The third kappa shape index (κ3) is 2.29. The van der Waals surface area contributed by atoms with E-state index in [1.807, 2.05) is 0 Å². The van der Waals surface area contributed by atoms with Crippen molar-refractivity contribution in [3.05, 3.63) is 41.9 Å². The second kappa shape index (κ2) is 4.83. The number of benzene rings is 1. The van der Waals surface area contributed by atoms with E-state index in [0.717, 1.165) is 5.56 Å². The van der Waals surface area contributed by atoms with E-state index >= 15 is 0 Å². The fourth-order valence-electron chi connectivity index (χ4n) is 1.61. The monoisotopic (exact) mass is 246 g/mol. The summed E-state index contributed by atoms with van der Waals surface area (Å²) in [6.07, 6.45) is 1.48. The van der Waals surface area contributed by atoms with Gasteiger partial charge in [-0.1, -0.05) is 0 Å². The molecule has 0 atom stereocenters. The van der Waals surface area contributed by atoms with E-state index in [4.69, 9.17) is 14.9 Å². The van der Waals surface area contributed by atoms with Crippen LogP contribution in [0.15, 0.2) is 34.9 Å². The molecule has 0 saturated carbocycles. The highest BCUT2D eigenvalue weighted by molar-refractivity contribution is 6.03. The summed E-state index contributed by atoms with van der Waals surface area (Å²) >= 11 is 0. The number of nitrogen functional groups attached to an aromatic ring is 1. The van der Waals surface area contributed by atoms with E-state index in [2.05, 4.69) is 5.32 Å². The zero-order valence-electron chi connectivity index (χ0n) is 10.2. The Bertz CT molecular complexity index is 575. The molecule has 0 spiro atoms. The van der Waals surface area contributed by atoms with Crippen LogP contribution in [0.4, 0.5) is 11.4 Å². The number of nitrogens with one attached hydrogen (secondary N) is 1. The summed E-state index contributed by atoms with van der Waals surface area (Å²) in [6, 6.07) is 6.78. The number of hydrogen-bond acceptors (Lipinski definition) is 4. The molecule has 1 heterocycles. The van der Waals surface area contributed by atoms with Crippen molar-refractivity contribution in [2.75, 3.05) is 18.2 Å². The lowest BCUT2D eigenvalue weighted by molar-refractivity contribution is 0.0996. The Hall–Kier alpha value is -2.43. The van der Waals surface area contributed by atoms with Crippen LogP contribution in [0.2, 0.25) is 0 Å². The molecule has 0 aliphatic rings. The van der Waals surface area contributed by atoms with Crippen molar-refractivity contribution in [2.24, 2.45) is 0 Å². The van der Waals surface area contributed by atoms with E-state index in [1.165, 1.54) is 13.4 Å². The number of carbonyl (C=O) groups excluding carboxylic acids is 1. The molecule has 0 unspecified atom stereocenters. The first-order chi connectivity index (χ1) is 8.61. The lowest BCUT2D eigenvalue weighted by Gasteiger charge is -2.08. The summed E-state index contributed by atoms with van der Waals surface area (Å²) in [5.41, 5.74) is 7.60. The number of rotatable bonds is 3. The van der Waals surface area contributed by atoms with Gasteiger partial charge in [-0.2, -0.15) is 0 Å². The molecule has 0 aliphatic heterocycles. The smallest absolute Gasteiger partial charge is 0.291 e. The van der Waals surface area contributed by atoms with Crippen molar-refractivity contribution in [3.63, 3.8) is 0 Å². The first-order valence-electron chi connectivity index (χ1n) is 5.41. The van der Waals surface area contributed by atoms with Crippen molar-refractivity contribution in [1.29, 1.82) is 0 Å². The molecule has 2 rings (SSSR count). The van der Waals surface area contributed by atoms with Crippen molar-refractivity contribution in [2.45, 2.75) is 6.92 Å². The molecule has 5 nitrogen and oxygen atoms in total. The van der Waals surface area contributed by atoms with Gasteiger partial charge in [0.15, 0.2) is 5.76 Å². The molecule has 18 heavy (non-hydrogen) atoms. The van der Waals surface area contributed by atoms with Gasteiger partial charge in [0.05, 0.1) is 19.1 Å². The van der Waals surface area contributed by atoms with Gasteiger partial charge in [0.1, 0.15) is 5.75 Å². The van der Waals surface area contributed by atoms with E-state index in [1.54, 1.807) is 31.2 Å². The van der Waals surface area contributed by atoms with Gasteiger partial charge >= 0.3 is 0 Å². The van der Waals surface area contributed by atoms with Crippen molar-refractivity contribution in [1.82, 2.24) is 0 Å². The average molecular weight is 246 g/mol. The van der Waals surface area contributed by atoms with Crippen molar-refractivity contribution < 1.29 is 13.9 Å². The minimum Gasteiger partial charge on any atom is -0.495 e. The molecule has 2 aromatic rings. The molecule has 0 saturated heterocycles. The summed E-state index contributed by atoms with van der Waals surface area (Å²) in [5.74, 6) is 0.564. The number of aryl methyl sites for hydroxylation is 1. The van der Waals surface area contributed by atoms with Gasteiger partial charge in [-0.05, 0) is 31.2 Å². The zero-order chi connectivity index (χ0) is 13.1. The number of ether oxygens (including phenoxy) is 1. The average Bonchev–Trinajstić information content (AvgIpc) is 2.76. The van der Waals surface area contributed by atoms with Crippen LogP contribution in [0.3, 0.4) is 0 Å². The summed E-state index contributed by atoms with van der Waals surface area (Å²) in [6.45, 7) is 1.81. The Labute approximate surface area is 105 Å². The van der Waals surface area contributed by atoms with Gasteiger partial charge < -0.3 is 20.2 Å². The van der Waals surface area contributed by atoms with Gasteiger partial charge in [0, 0.05) is 11.3 Å². The normalized spacial score (nSPS) is 10.1. The standard InChI is InChI=1S/C13H14N2O3/c1-8-5-6-18-12(8)13(16)15-9-3-4-11(17-2)10(14)7-9/h3-7H,14H2,1-2H3,(H,15,16). The molecule has 94 valence electrons. The van der Waals surface area contributed by atoms with E-state index < -0.39 is 0 Å². The predicted molar refractivity (Wildman–Crippen MR) is 68.8 cm³/mol. The number of methoxy groups -OCH3 is 1. The van der Waals surface area contributed by atoms with Gasteiger partial charge in [-0.15, -0.1) is 0 Å². The molecule has 0 radical (unpaired) electrons. The van der Waals surface area contributed by atoms with E-state index in [9.17, 15) is 4.79 Å². The molecule has 1 aromatic heterocycles. The minimum atomic E-state index is -0.304. The third-order valence-corrected chi connectivity index (χ3v) is 2.56. The topological polar surface area (TPSA) is 77.5 Å². The highest BCUT2D eigenvalue weighted by Gasteiger charge is 2.13. The van der Waals surface area contributed by atoms with Crippen LogP contribution in [0.1, 0.15) is 16.1 Å². The molecule has 1 aromatic carbocycles. The van der Waals surface area contributed by atoms with Gasteiger partial charge in [-0.25, -0.2) is 0 Å². The Morgan fingerprint density at radius 3 is 2.72 bits per heavy atom. The van der Waals surface area contributed by atoms with Crippen LogP contribution in [0.5, 0.6) is 5.75 Å². The molecule has 5 heteroatoms. The Morgan fingerprint density at radius 1 is 1.39 bits per heavy atom. The number of hydrogen-bond donors (Lipinski definition) is 2. The third-order valence-electron chi connectivity index (χ3n) is 2.56. The first-order valence-corrected chi connectivity index (χ1v) is 5.41. The molecule has 0 fully saturated rings. The van der Waals surface area contributed by atoms with Crippen LogP contribution in [-0.4, -0.2) is 13.0 Å². The summed E-state index contributed by atoms with van der Waals surface area (Å²) in [5, 5.41) is 2.71. The van der Waals surface area contributed by atoms with Crippen LogP contribution < -0.4 is 15.8 Å². The minimum absolute atomic E-state index is 0.296. The highest BCUT2D eigenvalue weighted by atomic mass is 16.5. The van der Waals surface area contributed by atoms with Gasteiger partial charge in [-0.3, -0.25) is 4.79 Å². The first kappa shape index (κ1) is 12.0. The second-order valence-electron chi connectivity index (χ2n) is 3.84. The molecular weight excluding hydrogens is 232 g/mol. The fourth-order valence-corrected chi connectivity index (χ4v) is 1.61. The maximum atomic E-state index is 11.9. The molecule has 0 aliphatic carbocycles. The van der Waals surface area contributed by atoms with Crippen molar-refractivity contribution in [3.8, 4) is 5.75 Å². The molecular formula is C13H14N2O3. The quantitative estimate of drug-likeness (QED) is 0.815. The lowest BCUT2D eigenvalue weighted by Crippen LogP contribution is -2.12. The Kier molecular flexibility index (Phi) is 3.23.